The first-order valence-corrected chi connectivity index (χ1v) is 6.61. The van der Waals surface area contributed by atoms with Crippen molar-refractivity contribution in [1.29, 1.82) is 5.26 Å². The van der Waals surface area contributed by atoms with Crippen LogP contribution in [0.4, 0.5) is 0 Å². The van der Waals surface area contributed by atoms with Crippen LogP contribution < -0.4 is 0 Å². The number of carbonyl (C=O) groups excluding carboxylic acids is 1. The smallest absolute Gasteiger partial charge is 0.225 e. The van der Waals surface area contributed by atoms with Gasteiger partial charge in [-0.2, -0.15) is 5.26 Å². The molecule has 5 nitrogen and oxygen atoms in total. The van der Waals surface area contributed by atoms with Crippen molar-refractivity contribution in [1.82, 2.24) is 9.80 Å². The average Bonchev–Trinajstić information content (AvgIpc) is 2.35. The summed E-state index contributed by atoms with van der Waals surface area (Å²) in [7, 11) is 1.71. The number of nitriles is 1. The zero-order chi connectivity index (χ0) is 13.0. The third-order valence-corrected chi connectivity index (χ3v) is 4.19. The van der Waals surface area contributed by atoms with Gasteiger partial charge in [-0.25, -0.2) is 0 Å². The van der Waals surface area contributed by atoms with Crippen molar-refractivity contribution >= 4 is 5.91 Å². The third-order valence-electron chi connectivity index (χ3n) is 4.19. The number of ether oxygens (including phenoxy) is 1. The van der Waals surface area contributed by atoms with Crippen LogP contribution in [-0.4, -0.2) is 61.1 Å². The van der Waals surface area contributed by atoms with Crippen molar-refractivity contribution in [2.75, 3.05) is 39.8 Å². The van der Waals surface area contributed by atoms with E-state index in [1.165, 1.54) is 0 Å². The van der Waals surface area contributed by atoms with E-state index in [0.717, 1.165) is 45.4 Å². The maximum Gasteiger partial charge on any atom is 0.225 e. The Morgan fingerprint density at radius 1 is 1.33 bits per heavy atom. The Kier molecular flexibility index (Phi) is 4.20. The zero-order valence-corrected chi connectivity index (χ0v) is 11.0. The number of rotatable bonds is 4. The second-order valence-corrected chi connectivity index (χ2v) is 5.23. The highest BCUT2D eigenvalue weighted by atomic mass is 16.5. The van der Waals surface area contributed by atoms with E-state index in [1.807, 2.05) is 4.90 Å². The first-order chi connectivity index (χ1) is 8.69. The summed E-state index contributed by atoms with van der Waals surface area (Å²) in [5.74, 6) is 0.202. The Morgan fingerprint density at radius 2 is 2.00 bits per heavy atom. The third kappa shape index (κ3) is 2.82. The summed E-state index contributed by atoms with van der Waals surface area (Å²) >= 11 is 0. The lowest BCUT2D eigenvalue weighted by Gasteiger charge is -2.42. The highest BCUT2D eigenvalue weighted by molar-refractivity contribution is 5.77. The van der Waals surface area contributed by atoms with Crippen molar-refractivity contribution in [2.24, 2.45) is 0 Å². The monoisotopic (exact) mass is 251 g/mol. The van der Waals surface area contributed by atoms with Crippen LogP contribution in [0.5, 0.6) is 0 Å². The van der Waals surface area contributed by atoms with Gasteiger partial charge < -0.3 is 9.64 Å². The summed E-state index contributed by atoms with van der Waals surface area (Å²) in [6, 6.07) is 2.15. The van der Waals surface area contributed by atoms with Crippen molar-refractivity contribution in [3.05, 3.63) is 0 Å². The summed E-state index contributed by atoms with van der Waals surface area (Å²) in [4.78, 5) is 16.2. The predicted molar refractivity (Wildman–Crippen MR) is 66.8 cm³/mol. The number of piperazine rings is 1. The van der Waals surface area contributed by atoms with Gasteiger partial charge in [0.05, 0.1) is 24.6 Å². The van der Waals surface area contributed by atoms with E-state index < -0.39 is 0 Å². The molecule has 2 rings (SSSR count). The number of hydrogen-bond acceptors (Lipinski definition) is 4. The van der Waals surface area contributed by atoms with Crippen LogP contribution in [0.2, 0.25) is 0 Å². The lowest BCUT2D eigenvalue weighted by molar-refractivity contribution is -0.145. The van der Waals surface area contributed by atoms with Crippen LogP contribution in [0.15, 0.2) is 0 Å². The van der Waals surface area contributed by atoms with E-state index in [2.05, 4.69) is 11.0 Å². The number of nitrogens with zero attached hydrogens (tertiary/aromatic N) is 3. The molecule has 2 aliphatic rings. The van der Waals surface area contributed by atoms with Gasteiger partial charge in [-0.1, -0.05) is 0 Å². The molecular weight excluding hydrogens is 230 g/mol. The quantitative estimate of drug-likeness (QED) is 0.687. The van der Waals surface area contributed by atoms with E-state index >= 15 is 0 Å². The van der Waals surface area contributed by atoms with Crippen LogP contribution in [0.1, 0.15) is 25.7 Å². The van der Waals surface area contributed by atoms with Gasteiger partial charge in [0.15, 0.2) is 0 Å². The zero-order valence-electron chi connectivity index (χ0n) is 11.0. The largest absolute Gasteiger partial charge is 0.378 e. The Balaban J connectivity index is 1.79. The fourth-order valence-corrected chi connectivity index (χ4v) is 2.67. The minimum absolute atomic E-state index is 0.180. The SMILES string of the molecule is COC1(CC(=O)N2CCN(CC#N)CC2)CCC1. The second kappa shape index (κ2) is 5.68. The Bertz CT molecular complexity index is 333. The fourth-order valence-electron chi connectivity index (χ4n) is 2.67. The van der Waals surface area contributed by atoms with Crippen molar-refractivity contribution in [2.45, 2.75) is 31.3 Å². The van der Waals surface area contributed by atoms with Crippen LogP contribution in [0.3, 0.4) is 0 Å². The minimum atomic E-state index is -0.180. The lowest BCUT2D eigenvalue weighted by atomic mass is 9.77. The molecule has 1 aliphatic carbocycles. The molecule has 1 amide bonds. The molecule has 0 unspecified atom stereocenters. The fraction of sp³-hybridized carbons (Fsp3) is 0.846. The lowest BCUT2D eigenvalue weighted by Crippen LogP contribution is -2.51. The molecule has 100 valence electrons. The predicted octanol–water partition coefficient (Wildman–Crippen LogP) is 0.613. The van der Waals surface area contributed by atoms with Crippen molar-refractivity contribution in [3.8, 4) is 6.07 Å². The molecular formula is C13H21N3O2. The van der Waals surface area contributed by atoms with E-state index in [-0.39, 0.29) is 11.5 Å². The van der Waals surface area contributed by atoms with Gasteiger partial charge in [-0.15, -0.1) is 0 Å². The van der Waals surface area contributed by atoms with Crippen molar-refractivity contribution in [3.63, 3.8) is 0 Å². The Labute approximate surface area is 108 Å². The summed E-state index contributed by atoms with van der Waals surface area (Å²) in [5, 5.41) is 8.63. The molecule has 0 bridgehead atoms. The van der Waals surface area contributed by atoms with Gasteiger partial charge in [0, 0.05) is 33.3 Å². The highest BCUT2D eigenvalue weighted by Gasteiger charge is 2.40. The molecule has 0 N–H and O–H groups in total. The van der Waals surface area contributed by atoms with Gasteiger partial charge in [0.2, 0.25) is 5.91 Å². The second-order valence-electron chi connectivity index (χ2n) is 5.23. The molecule has 1 aliphatic heterocycles. The van der Waals surface area contributed by atoms with E-state index in [4.69, 9.17) is 10.00 Å². The van der Waals surface area contributed by atoms with Gasteiger partial charge >= 0.3 is 0 Å². The summed E-state index contributed by atoms with van der Waals surface area (Å²) in [6.45, 7) is 3.54. The molecule has 5 heteroatoms. The topological polar surface area (TPSA) is 56.6 Å². The normalized spacial score (nSPS) is 23.2. The molecule has 0 aromatic carbocycles. The molecule has 0 radical (unpaired) electrons. The molecule has 2 fully saturated rings. The molecule has 0 spiro atoms. The highest BCUT2D eigenvalue weighted by Crippen LogP contribution is 2.38. The number of amides is 1. The Hall–Kier alpha value is -1.12. The molecule has 0 aromatic rings. The van der Waals surface area contributed by atoms with E-state index in [1.54, 1.807) is 7.11 Å². The molecule has 0 atom stereocenters. The number of hydrogen-bond donors (Lipinski definition) is 0. The minimum Gasteiger partial charge on any atom is -0.378 e. The van der Waals surface area contributed by atoms with Gasteiger partial charge in [-0.3, -0.25) is 9.69 Å². The first kappa shape index (κ1) is 13.3. The van der Waals surface area contributed by atoms with Crippen LogP contribution in [0, 0.1) is 11.3 Å². The first-order valence-electron chi connectivity index (χ1n) is 6.61. The molecule has 0 aromatic heterocycles. The molecule has 18 heavy (non-hydrogen) atoms. The van der Waals surface area contributed by atoms with Crippen LogP contribution in [-0.2, 0) is 9.53 Å². The standard InChI is InChI=1S/C13H21N3O2/c1-18-13(3-2-4-13)11-12(17)16-9-7-15(6-5-14)8-10-16/h2-4,6-11H2,1H3. The average molecular weight is 251 g/mol. The number of methoxy groups -OCH3 is 1. The van der Waals surface area contributed by atoms with E-state index in [0.29, 0.717) is 13.0 Å². The molecule has 1 saturated heterocycles. The van der Waals surface area contributed by atoms with Crippen molar-refractivity contribution < 1.29 is 9.53 Å². The van der Waals surface area contributed by atoms with Crippen LogP contribution >= 0.6 is 0 Å². The van der Waals surface area contributed by atoms with Gasteiger partial charge in [0.25, 0.3) is 0 Å². The molecule has 1 saturated carbocycles. The van der Waals surface area contributed by atoms with Gasteiger partial charge in [-0.05, 0) is 19.3 Å². The van der Waals surface area contributed by atoms with Crippen LogP contribution in [0.25, 0.3) is 0 Å². The summed E-state index contributed by atoms with van der Waals surface area (Å²) in [5.41, 5.74) is -0.180. The maximum absolute atomic E-state index is 12.2. The Morgan fingerprint density at radius 3 is 2.44 bits per heavy atom. The maximum atomic E-state index is 12.2. The summed E-state index contributed by atoms with van der Waals surface area (Å²) in [6.07, 6.45) is 3.69. The van der Waals surface area contributed by atoms with Gasteiger partial charge in [0.1, 0.15) is 0 Å². The number of carbonyl (C=O) groups is 1. The summed E-state index contributed by atoms with van der Waals surface area (Å²) < 4.78 is 5.49. The van der Waals surface area contributed by atoms with E-state index in [9.17, 15) is 4.79 Å². The molecule has 1 heterocycles.